The van der Waals surface area contributed by atoms with Gasteiger partial charge in [0.25, 0.3) is 0 Å². The molecule has 0 rings (SSSR count). The van der Waals surface area contributed by atoms with Gasteiger partial charge in [-0.3, -0.25) is 0 Å². The van der Waals surface area contributed by atoms with E-state index >= 15 is 0 Å². The molecule has 0 saturated heterocycles. The molecule has 0 heterocycles. The molecule has 0 amide bonds. The monoisotopic (exact) mass is 178 g/mol. The maximum Gasteiger partial charge on any atom is 0.151 e. The van der Waals surface area contributed by atoms with Crippen LogP contribution in [0.15, 0.2) is 0 Å². The lowest BCUT2D eigenvalue weighted by Crippen LogP contribution is -2.45. The van der Waals surface area contributed by atoms with Crippen LogP contribution in [0.3, 0.4) is 0 Å². The Kier molecular flexibility index (Phi) is 5.00. The minimum absolute atomic E-state index is 0.194. The second-order valence-corrected chi connectivity index (χ2v) is 2.56. The molecule has 0 aliphatic heterocycles. The molecule has 0 aliphatic carbocycles. The molecule has 4 atom stereocenters. The van der Waals surface area contributed by atoms with Crippen molar-refractivity contribution in [3.8, 4) is 0 Å². The van der Waals surface area contributed by atoms with Crippen LogP contribution in [0.4, 0.5) is 0 Å². The number of carbonyl (C=O) groups is 1. The van der Waals surface area contributed by atoms with Crippen LogP contribution in [0.2, 0.25) is 0 Å². The lowest BCUT2D eigenvalue weighted by Gasteiger charge is -2.24. The molecule has 0 saturated carbocycles. The molecular weight excluding hydrogens is 164 g/mol. The minimum Gasteiger partial charge on any atom is -0.391 e. The first-order chi connectivity index (χ1) is 5.54. The van der Waals surface area contributed by atoms with Gasteiger partial charge in [0.1, 0.15) is 18.3 Å². The fourth-order valence-corrected chi connectivity index (χ4v) is 0.897. The van der Waals surface area contributed by atoms with E-state index in [-0.39, 0.29) is 6.29 Å². The number of aliphatic hydroxyl groups excluding tert-OH is 3. The Labute approximate surface area is 70.6 Å². The highest BCUT2D eigenvalue weighted by atomic mass is 16.5. The van der Waals surface area contributed by atoms with E-state index in [1.807, 2.05) is 0 Å². The van der Waals surface area contributed by atoms with Crippen molar-refractivity contribution in [1.29, 1.82) is 0 Å². The molecule has 0 aromatic carbocycles. The second-order valence-electron chi connectivity index (χ2n) is 2.56. The summed E-state index contributed by atoms with van der Waals surface area (Å²) in [6.45, 7) is 1.40. The third kappa shape index (κ3) is 2.86. The highest BCUT2D eigenvalue weighted by Crippen LogP contribution is 2.06. The fraction of sp³-hybridized carbons (Fsp3) is 0.857. The van der Waals surface area contributed by atoms with Gasteiger partial charge in [-0.25, -0.2) is 0 Å². The number of carbonyl (C=O) groups excluding carboxylic acids is 1. The van der Waals surface area contributed by atoms with Crippen LogP contribution in [0, 0.1) is 0 Å². The largest absolute Gasteiger partial charge is 0.391 e. The summed E-state index contributed by atoms with van der Waals surface area (Å²) >= 11 is 0. The predicted octanol–water partition coefficient (Wildman–Crippen LogP) is -1.70. The molecule has 0 aliphatic rings. The summed E-state index contributed by atoms with van der Waals surface area (Å²) < 4.78 is 4.68. The summed E-state index contributed by atoms with van der Waals surface area (Å²) in [5, 5.41) is 27.1. The molecule has 0 radical (unpaired) electrons. The highest BCUT2D eigenvalue weighted by Gasteiger charge is 2.29. The number of rotatable bonds is 5. The Morgan fingerprint density at radius 2 is 1.83 bits per heavy atom. The zero-order valence-corrected chi connectivity index (χ0v) is 7.04. The molecule has 0 unspecified atom stereocenters. The van der Waals surface area contributed by atoms with Crippen LogP contribution >= 0.6 is 0 Å². The zero-order chi connectivity index (χ0) is 9.72. The Morgan fingerprint density at radius 3 is 2.08 bits per heavy atom. The number of aliphatic hydroxyl groups is 3. The number of methoxy groups -OCH3 is 1. The molecule has 72 valence electrons. The summed E-state index contributed by atoms with van der Waals surface area (Å²) in [5.74, 6) is 0. The molecule has 0 spiro atoms. The standard InChI is InChI=1S/C7H14O5/c1-4(9)7(12-2)6(11)5(10)3-8/h3-7,9-11H,1-2H3/t4-,5+,6+,7-/m1/s1. The van der Waals surface area contributed by atoms with Crippen molar-refractivity contribution in [2.24, 2.45) is 0 Å². The van der Waals surface area contributed by atoms with Gasteiger partial charge in [-0.1, -0.05) is 0 Å². The first-order valence-electron chi connectivity index (χ1n) is 3.56. The van der Waals surface area contributed by atoms with E-state index in [2.05, 4.69) is 4.74 Å². The van der Waals surface area contributed by atoms with E-state index in [0.29, 0.717) is 0 Å². The lowest BCUT2D eigenvalue weighted by molar-refractivity contribution is -0.137. The summed E-state index contributed by atoms with van der Waals surface area (Å²) in [6, 6.07) is 0. The molecule has 5 heteroatoms. The van der Waals surface area contributed by atoms with Crippen molar-refractivity contribution in [3.63, 3.8) is 0 Å². The molecule has 12 heavy (non-hydrogen) atoms. The van der Waals surface area contributed by atoms with Gasteiger partial charge in [0.2, 0.25) is 0 Å². The van der Waals surface area contributed by atoms with E-state index in [1.165, 1.54) is 14.0 Å². The van der Waals surface area contributed by atoms with Crippen LogP contribution in [-0.2, 0) is 9.53 Å². The second kappa shape index (κ2) is 5.21. The summed E-state index contributed by atoms with van der Waals surface area (Å²) in [4.78, 5) is 10.0. The number of hydrogen-bond acceptors (Lipinski definition) is 5. The first kappa shape index (κ1) is 11.5. The maximum absolute atomic E-state index is 10.0. The molecule has 0 aromatic heterocycles. The van der Waals surface area contributed by atoms with E-state index in [1.54, 1.807) is 0 Å². The lowest BCUT2D eigenvalue weighted by atomic mass is 10.1. The van der Waals surface area contributed by atoms with Crippen molar-refractivity contribution in [2.45, 2.75) is 31.3 Å². The van der Waals surface area contributed by atoms with E-state index in [4.69, 9.17) is 10.2 Å². The van der Waals surface area contributed by atoms with Gasteiger partial charge in [0.15, 0.2) is 6.29 Å². The Hall–Kier alpha value is -0.490. The normalized spacial score (nSPS) is 21.1. The van der Waals surface area contributed by atoms with Crippen molar-refractivity contribution in [2.75, 3.05) is 7.11 Å². The quantitative estimate of drug-likeness (QED) is 0.437. The maximum atomic E-state index is 10.0. The predicted molar refractivity (Wildman–Crippen MR) is 40.6 cm³/mol. The summed E-state index contributed by atoms with van der Waals surface area (Å²) in [7, 11) is 1.28. The summed E-state index contributed by atoms with van der Waals surface area (Å²) in [5.41, 5.74) is 0. The van der Waals surface area contributed by atoms with Gasteiger partial charge in [0, 0.05) is 7.11 Å². The molecule has 3 N–H and O–H groups in total. The van der Waals surface area contributed by atoms with E-state index in [9.17, 15) is 9.90 Å². The van der Waals surface area contributed by atoms with Gasteiger partial charge < -0.3 is 24.9 Å². The topological polar surface area (TPSA) is 87.0 Å². The van der Waals surface area contributed by atoms with E-state index < -0.39 is 24.4 Å². The summed E-state index contributed by atoms with van der Waals surface area (Å²) in [6.07, 6.45) is -4.62. The van der Waals surface area contributed by atoms with Crippen molar-refractivity contribution in [3.05, 3.63) is 0 Å². The van der Waals surface area contributed by atoms with Crippen LogP contribution in [0.5, 0.6) is 0 Å². The molecular formula is C7H14O5. The molecule has 0 aromatic rings. The molecule has 0 fully saturated rings. The third-order valence-corrected chi connectivity index (χ3v) is 1.57. The third-order valence-electron chi connectivity index (χ3n) is 1.57. The van der Waals surface area contributed by atoms with Crippen molar-refractivity contribution >= 4 is 6.29 Å². The average Bonchev–Trinajstić information content (AvgIpc) is 2.03. The van der Waals surface area contributed by atoms with Gasteiger partial charge >= 0.3 is 0 Å². The SMILES string of the molecule is CO[C@@H]([C@@H](O)[C@@H](O)C=O)[C@@H](C)O. The first-order valence-corrected chi connectivity index (χ1v) is 3.56. The van der Waals surface area contributed by atoms with Gasteiger partial charge in [0.05, 0.1) is 6.10 Å². The smallest absolute Gasteiger partial charge is 0.151 e. The van der Waals surface area contributed by atoms with Gasteiger partial charge in [-0.15, -0.1) is 0 Å². The average molecular weight is 178 g/mol. The fourth-order valence-electron chi connectivity index (χ4n) is 0.897. The van der Waals surface area contributed by atoms with Crippen LogP contribution in [0.1, 0.15) is 6.92 Å². The minimum atomic E-state index is -1.52. The number of ether oxygens (including phenoxy) is 1. The van der Waals surface area contributed by atoms with Crippen LogP contribution in [0.25, 0.3) is 0 Å². The number of hydrogen-bond donors (Lipinski definition) is 3. The highest BCUT2D eigenvalue weighted by molar-refractivity contribution is 5.56. The zero-order valence-electron chi connectivity index (χ0n) is 7.04. The van der Waals surface area contributed by atoms with Gasteiger partial charge in [-0.2, -0.15) is 0 Å². The Morgan fingerprint density at radius 1 is 1.33 bits per heavy atom. The van der Waals surface area contributed by atoms with Gasteiger partial charge in [-0.05, 0) is 6.92 Å². The van der Waals surface area contributed by atoms with E-state index in [0.717, 1.165) is 0 Å². The molecule has 5 nitrogen and oxygen atoms in total. The van der Waals surface area contributed by atoms with Crippen molar-refractivity contribution < 1.29 is 24.9 Å². The van der Waals surface area contributed by atoms with Crippen LogP contribution in [-0.4, -0.2) is 53.1 Å². The van der Waals surface area contributed by atoms with Crippen molar-refractivity contribution in [1.82, 2.24) is 0 Å². The number of aldehydes is 1. The molecule has 0 bridgehead atoms. The Bertz CT molecular complexity index is 136. The Balaban J connectivity index is 4.19. The van der Waals surface area contributed by atoms with Crippen LogP contribution < -0.4 is 0 Å².